The van der Waals surface area contributed by atoms with Crippen molar-refractivity contribution in [1.29, 1.82) is 0 Å². The highest BCUT2D eigenvalue weighted by atomic mass is 16.2. The van der Waals surface area contributed by atoms with Gasteiger partial charge in [-0.3, -0.25) is 14.3 Å². The molecule has 3 rings (SSSR count). The molecule has 0 radical (unpaired) electrons. The molecule has 2 amide bonds. The summed E-state index contributed by atoms with van der Waals surface area (Å²) in [6.45, 7) is 5.11. The van der Waals surface area contributed by atoms with Crippen molar-refractivity contribution < 1.29 is 9.59 Å². The van der Waals surface area contributed by atoms with Gasteiger partial charge in [-0.2, -0.15) is 5.10 Å². The zero-order chi connectivity index (χ0) is 19.4. The average molecular weight is 368 g/mol. The van der Waals surface area contributed by atoms with Gasteiger partial charge in [-0.15, -0.1) is 0 Å². The molecule has 27 heavy (non-hydrogen) atoms. The molecule has 1 aliphatic heterocycles. The Kier molecular flexibility index (Phi) is 5.94. The standard InChI is InChI=1S/C21H28N4O2/c1-15-18(16(2)24(3)23-15)10-11-20(26)22-13-12-21(27)25-14-6-8-17-7-4-5-9-19(17)25/h4-5,7,9H,6,8,10-14H2,1-3H3,(H,22,26). The molecule has 0 atom stereocenters. The first-order valence-electron chi connectivity index (χ1n) is 9.61. The third-order valence-electron chi connectivity index (χ3n) is 5.33. The van der Waals surface area contributed by atoms with Crippen molar-refractivity contribution in [2.45, 2.75) is 46.0 Å². The van der Waals surface area contributed by atoms with E-state index in [1.54, 1.807) is 0 Å². The Morgan fingerprint density at radius 3 is 2.70 bits per heavy atom. The Morgan fingerprint density at radius 2 is 1.96 bits per heavy atom. The Bertz CT molecular complexity index is 841. The molecule has 1 N–H and O–H groups in total. The minimum Gasteiger partial charge on any atom is -0.356 e. The van der Waals surface area contributed by atoms with Crippen LogP contribution in [-0.4, -0.2) is 34.7 Å². The van der Waals surface area contributed by atoms with Crippen LogP contribution >= 0.6 is 0 Å². The minimum atomic E-state index is -0.0236. The fraction of sp³-hybridized carbons (Fsp3) is 0.476. The van der Waals surface area contributed by atoms with E-state index >= 15 is 0 Å². The highest BCUT2D eigenvalue weighted by Gasteiger charge is 2.21. The van der Waals surface area contributed by atoms with Gasteiger partial charge in [-0.25, -0.2) is 0 Å². The minimum absolute atomic E-state index is 0.0236. The van der Waals surface area contributed by atoms with E-state index in [2.05, 4.69) is 16.5 Å². The van der Waals surface area contributed by atoms with Crippen LogP contribution in [0.4, 0.5) is 5.69 Å². The van der Waals surface area contributed by atoms with Crippen LogP contribution in [0.15, 0.2) is 24.3 Å². The van der Waals surface area contributed by atoms with Crippen molar-refractivity contribution in [2.75, 3.05) is 18.0 Å². The van der Waals surface area contributed by atoms with E-state index in [9.17, 15) is 9.59 Å². The normalized spacial score (nSPS) is 13.4. The van der Waals surface area contributed by atoms with E-state index in [4.69, 9.17) is 0 Å². The lowest BCUT2D eigenvalue weighted by atomic mass is 10.0. The molecule has 0 saturated carbocycles. The van der Waals surface area contributed by atoms with E-state index in [1.807, 2.05) is 48.7 Å². The van der Waals surface area contributed by atoms with Crippen molar-refractivity contribution in [1.82, 2.24) is 15.1 Å². The molecule has 0 spiro atoms. The van der Waals surface area contributed by atoms with Crippen molar-refractivity contribution in [3.63, 3.8) is 0 Å². The quantitative estimate of drug-likeness (QED) is 0.852. The Hall–Kier alpha value is -2.63. The third-order valence-corrected chi connectivity index (χ3v) is 5.33. The summed E-state index contributed by atoms with van der Waals surface area (Å²) in [5, 5.41) is 7.26. The van der Waals surface area contributed by atoms with Gasteiger partial charge in [0.15, 0.2) is 0 Å². The zero-order valence-electron chi connectivity index (χ0n) is 16.4. The van der Waals surface area contributed by atoms with Gasteiger partial charge in [-0.05, 0) is 50.3 Å². The zero-order valence-corrected chi connectivity index (χ0v) is 16.4. The van der Waals surface area contributed by atoms with Gasteiger partial charge in [0.25, 0.3) is 0 Å². The first-order chi connectivity index (χ1) is 13.0. The maximum Gasteiger partial charge on any atom is 0.228 e. The monoisotopic (exact) mass is 368 g/mol. The number of fused-ring (bicyclic) bond motifs is 1. The molecule has 0 saturated heterocycles. The summed E-state index contributed by atoms with van der Waals surface area (Å²) in [6, 6.07) is 8.07. The summed E-state index contributed by atoms with van der Waals surface area (Å²) in [4.78, 5) is 26.6. The maximum absolute atomic E-state index is 12.6. The summed E-state index contributed by atoms with van der Waals surface area (Å²) in [6.07, 6.45) is 3.41. The largest absolute Gasteiger partial charge is 0.356 e. The first kappa shape index (κ1) is 19.1. The molecule has 144 valence electrons. The number of amides is 2. The SMILES string of the molecule is Cc1nn(C)c(C)c1CCC(=O)NCCC(=O)N1CCCc2ccccc21. The number of para-hydroxylation sites is 1. The van der Waals surface area contributed by atoms with Crippen LogP contribution in [0.2, 0.25) is 0 Å². The maximum atomic E-state index is 12.6. The molecule has 0 fully saturated rings. The van der Waals surface area contributed by atoms with Crippen LogP contribution < -0.4 is 10.2 Å². The summed E-state index contributed by atoms with van der Waals surface area (Å²) in [5.74, 6) is 0.0471. The molecular weight excluding hydrogens is 340 g/mol. The van der Waals surface area contributed by atoms with Gasteiger partial charge in [0.2, 0.25) is 11.8 Å². The van der Waals surface area contributed by atoms with Crippen LogP contribution in [0.25, 0.3) is 0 Å². The summed E-state index contributed by atoms with van der Waals surface area (Å²) in [5.41, 5.74) is 5.44. The first-order valence-corrected chi connectivity index (χ1v) is 9.61. The molecular formula is C21H28N4O2. The van der Waals surface area contributed by atoms with E-state index in [1.165, 1.54) is 5.56 Å². The van der Waals surface area contributed by atoms with Crippen LogP contribution in [0.1, 0.15) is 41.8 Å². The van der Waals surface area contributed by atoms with E-state index in [0.29, 0.717) is 25.8 Å². The van der Waals surface area contributed by atoms with Gasteiger partial charge >= 0.3 is 0 Å². The smallest absolute Gasteiger partial charge is 0.228 e. The number of hydrogen-bond donors (Lipinski definition) is 1. The summed E-state index contributed by atoms with van der Waals surface area (Å²) >= 11 is 0. The summed E-state index contributed by atoms with van der Waals surface area (Å²) < 4.78 is 1.84. The number of aromatic nitrogens is 2. The number of benzene rings is 1. The van der Waals surface area contributed by atoms with Gasteiger partial charge in [-0.1, -0.05) is 18.2 Å². The van der Waals surface area contributed by atoms with E-state index in [-0.39, 0.29) is 11.8 Å². The van der Waals surface area contributed by atoms with Crippen molar-refractivity contribution in [2.24, 2.45) is 7.05 Å². The summed E-state index contributed by atoms with van der Waals surface area (Å²) in [7, 11) is 1.91. The molecule has 2 heterocycles. The lowest BCUT2D eigenvalue weighted by Gasteiger charge is -2.29. The average Bonchev–Trinajstić information content (AvgIpc) is 2.91. The highest BCUT2D eigenvalue weighted by molar-refractivity contribution is 5.94. The number of anilines is 1. The second-order valence-electron chi connectivity index (χ2n) is 7.15. The van der Waals surface area contributed by atoms with Gasteiger partial charge in [0.1, 0.15) is 0 Å². The second kappa shape index (κ2) is 8.37. The van der Waals surface area contributed by atoms with Crippen LogP contribution in [0, 0.1) is 13.8 Å². The molecule has 6 nitrogen and oxygen atoms in total. The van der Waals surface area contributed by atoms with Crippen molar-refractivity contribution >= 4 is 17.5 Å². The van der Waals surface area contributed by atoms with Crippen molar-refractivity contribution in [3.05, 3.63) is 46.8 Å². The molecule has 0 unspecified atom stereocenters. The molecule has 0 bridgehead atoms. The van der Waals surface area contributed by atoms with Crippen molar-refractivity contribution in [3.8, 4) is 0 Å². The van der Waals surface area contributed by atoms with Crippen LogP contribution in [-0.2, 0) is 29.5 Å². The fourth-order valence-electron chi connectivity index (χ4n) is 3.74. The number of aryl methyl sites for hydroxylation is 3. The van der Waals surface area contributed by atoms with Crippen LogP contribution in [0.5, 0.6) is 0 Å². The number of carbonyl (C=O) groups is 2. The second-order valence-corrected chi connectivity index (χ2v) is 7.15. The number of rotatable bonds is 6. The topological polar surface area (TPSA) is 67.2 Å². The van der Waals surface area contributed by atoms with E-state index in [0.717, 1.165) is 42.0 Å². The molecule has 1 aliphatic rings. The number of nitrogens with zero attached hydrogens (tertiary/aromatic N) is 3. The molecule has 1 aromatic heterocycles. The van der Waals surface area contributed by atoms with Crippen LogP contribution in [0.3, 0.4) is 0 Å². The highest BCUT2D eigenvalue weighted by Crippen LogP contribution is 2.27. The Labute approximate surface area is 160 Å². The molecule has 1 aromatic carbocycles. The van der Waals surface area contributed by atoms with Gasteiger partial charge < -0.3 is 10.2 Å². The molecule has 0 aliphatic carbocycles. The predicted octanol–water partition coefficient (Wildman–Crippen LogP) is 2.46. The lowest BCUT2D eigenvalue weighted by molar-refractivity contribution is -0.121. The predicted molar refractivity (Wildman–Crippen MR) is 106 cm³/mol. The molecule has 6 heteroatoms. The Balaban J connectivity index is 1.46. The Morgan fingerprint density at radius 1 is 1.19 bits per heavy atom. The molecule has 2 aromatic rings. The third kappa shape index (κ3) is 4.38. The number of carbonyl (C=O) groups excluding carboxylic acids is 2. The number of hydrogen-bond acceptors (Lipinski definition) is 3. The van der Waals surface area contributed by atoms with Gasteiger partial charge in [0.05, 0.1) is 5.69 Å². The fourth-order valence-corrected chi connectivity index (χ4v) is 3.74. The lowest BCUT2D eigenvalue weighted by Crippen LogP contribution is -2.37. The number of nitrogens with one attached hydrogen (secondary N) is 1. The van der Waals surface area contributed by atoms with Gasteiger partial charge in [0, 0.05) is 44.4 Å². The van der Waals surface area contributed by atoms with E-state index < -0.39 is 0 Å².